The molecule has 0 radical (unpaired) electrons. The van der Waals surface area contributed by atoms with Crippen LogP contribution in [0.3, 0.4) is 0 Å². The number of carbonyl (C=O) groups is 3. The molecule has 1 saturated carbocycles. The molecule has 0 aromatic carbocycles. The summed E-state index contributed by atoms with van der Waals surface area (Å²) < 4.78 is 5.53. The summed E-state index contributed by atoms with van der Waals surface area (Å²) in [6.07, 6.45) is 2.55. The first-order valence-corrected chi connectivity index (χ1v) is 10.4. The third-order valence-corrected chi connectivity index (χ3v) is 5.59. The van der Waals surface area contributed by atoms with E-state index in [4.69, 9.17) is 4.74 Å². The van der Waals surface area contributed by atoms with Gasteiger partial charge in [-0.2, -0.15) is 0 Å². The lowest BCUT2D eigenvalue weighted by molar-refractivity contribution is -0.136. The van der Waals surface area contributed by atoms with Gasteiger partial charge in [-0.05, 0) is 72.1 Å². The molecule has 1 saturated heterocycles. The van der Waals surface area contributed by atoms with E-state index in [2.05, 4.69) is 17.2 Å². The molecule has 2 aliphatic rings. The summed E-state index contributed by atoms with van der Waals surface area (Å²) in [6, 6.07) is 0. The molecular weight excluding hydrogens is 370 g/mol. The number of hydrogen-bond acceptors (Lipinski definition) is 4. The van der Waals surface area contributed by atoms with E-state index in [1.807, 2.05) is 41.5 Å². The van der Waals surface area contributed by atoms with E-state index in [1.54, 1.807) is 11.0 Å². The van der Waals surface area contributed by atoms with Gasteiger partial charge in [-0.25, -0.2) is 4.79 Å². The van der Waals surface area contributed by atoms with E-state index in [-0.39, 0.29) is 35.7 Å². The molecule has 1 heterocycles. The number of likely N-dealkylation sites (tertiary alicyclic amines) is 1. The second kappa shape index (κ2) is 8.00. The summed E-state index contributed by atoms with van der Waals surface area (Å²) in [4.78, 5) is 39.7. The smallest absolute Gasteiger partial charge is 0.410 e. The zero-order valence-corrected chi connectivity index (χ0v) is 18.9. The monoisotopic (exact) mass is 407 g/mol. The van der Waals surface area contributed by atoms with Crippen molar-refractivity contribution in [2.45, 2.75) is 78.0 Å². The highest BCUT2D eigenvalue weighted by atomic mass is 16.6. The quantitative estimate of drug-likeness (QED) is 0.702. The third-order valence-electron chi connectivity index (χ3n) is 5.59. The number of nitrogens with one attached hydrogen (secondary N) is 2. The number of amides is 3. The molecule has 164 valence electrons. The van der Waals surface area contributed by atoms with Crippen LogP contribution in [0, 0.1) is 17.8 Å². The van der Waals surface area contributed by atoms with Crippen LogP contribution in [0.25, 0.3) is 0 Å². The summed E-state index contributed by atoms with van der Waals surface area (Å²) in [5.74, 6) is -0.316. The summed E-state index contributed by atoms with van der Waals surface area (Å²) in [6.45, 7) is 17.7. The lowest BCUT2D eigenvalue weighted by Gasteiger charge is -2.39. The van der Waals surface area contributed by atoms with Gasteiger partial charge in [-0.1, -0.05) is 6.08 Å². The predicted octanol–water partition coefficient (Wildman–Crippen LogP) is 2.86. The molecule has 7 nitrogen and oxygen atoms in total. The van der Waals surface area contributed by atoms with Gasteiger partial charge in [0.1, 0.15) is 11.1 Å². The maximum absolute atomic E-state index is 13.4. The summed E-state index contributed by atoms with van der Waals surface area (Å²) in [5, 5.41) is 6.05. The summed E-state index contributed by atoms with van der Waals surface area (Å²) >= 11 is 0. The van der Waals surface area contributed by atoms with Crippen molar-refractivity contribution in [3.63, 3.8) is 0 Å². The first-order chi connectivity index (χ1) is 13.2. The van der Waals surface area contributed by atoms with Crippen molar-refractivity contribution in [1.29, 1.82) is 0 Å². The Kier molecular flexibility index (Phi) is 6.40. The average Bonchev–Trinajstić information content (AvgIpc) is 3.02. The predicted molar refractivity (Wildman–Crippen MR) is 112 cm³/mol. The summed E-state index contributed by atoms with van der Waals surface area (Å²) in [5.41, 5.74) is -1.97. The fourth-order valence-corrected chi connectivity index (χ4v) is 4.76. The number of nitrogens with zero attached hydrogens (tertiary/aromatic N) is 1. The van der Waals surface area contributed by atoms with Crippen LogP contribution in [0.5, 0.6) is 0 Å². The lowest BCUT2D eigenvalue weighted by Crippen LogP contribution is -2.64. The number of fused-ring (bicyclic) bond motifs is 1. The minimum absolute atomic E-state index is 0.0955. The molecule has 7 heteroatoms. The van der Waals surface area contributed by atoms with Gasteiger partial charge in [-0.3, -0.25) is 9.59 Å². The van der Waals surface area contributed by atoms with Crippen LogP contribution >= 0.6 is 0 Å². The first kappa shape index (κ1) is 23.2. The Balaban J connectivity index is 2.30. The molecule has 2 rings (SSSR count). The standard InChI is InChI=1S/C22H37N3O4/c1-9-10-17-16-13-25(19(28)29-21(6,7)8)12-15(16)11-22(17,23-14(2)26)18(27)24-20(3,4)5/h9,15-17H,1,10-13H2,2-8H3,(H,23,26)(H,24,27)/t15-,16?,17-,22?/m0/s1. The first-order valence-electron chi connectivity index (χ1n) is 10.4. The summed E-state index contributed by atoms with van der Waals surface area (Å²) in [7, 11) is 0. The molecule has 2 unspecified atom stereocenters. The van der Waals surface area contributed by atoms with Crippen molar-refractivity contribution in [1.82, 2.24) is 15.5 Å². The normalized spacial score (nSPS) is 29.2. The molecule has 0 bridgehead atoms. The van der Waals surface area contributed by atoms with Crippen LogP contribution in [0.2, 0.25) is 0 Å². The number of hydrogen-bond donors (Lipinski definition) is 2. The topological polar surface area (TPSA) is 87.7 Å². The Morgan fingerprint density at radius 2 is 1.79 bits per heavy atom. The van der Waals surface area contributed by atoms with Crippen molar-refractivity contribution in [2.75, 3.05) is 13.1 Å². The molecular formula is C22H37N3O4. The largest absolute Gasteiger partial charge is 0.444 e. The zero-order valence-electron chi connectivity index (χ0n) is 18.9. The van der Waals surface area contributed by atoms with Crippen molar-refractivity contribution < 1.29 is 19.1 Å². The molecule has 1 aliphatic carbocycles. The highest BCUT2D eigenvalue weighted by molar-refractivity contribution is 5.92. The molecule has 4 atom stereocenters. The highest BCUT2D eigenvalue weighted by Crippen LogP contribution is 2.50. The second-order valence-corrected chi connectivity index (χ2v) is 10.5. The Morgan fingerprint density at radius 3 is 2.28 bits per heavy atom. The number of rotatable bonds is 4. The Bertz CT molecular complexity index is 677. The van der Waals surface area contributed by atoms with E-state index in [9.17, 15) is 14.4 Å². The number of carbonyl (C=O) groups excluding carboxylic acids is 3. The van der Waals surface area contributed by atoms with Crippen LogP contribution < -0.4 is 10.6 Å². The van der Waals surface area contributed by atoms with Crippen LogP contribution in [0.15, 0.2) is 12.7 Å². The van der Waals surface area contributed by atoms with E-state index in [0.29, 0.717) is 25.9 Å². The van der Waals surface area contributed by atoms with Crippen LogP contribution in [-0.4, -0.2) is 52.6 Å². The molecule has 3 amide bonds. The van der Waals surface area contributed by atoms with Gasteiger partial charge < -0.3 is 20.3 Å². The minimum atomic E-state index is -0.997. The van der Waals surface area contributed by atoms with Gasteiger partial charge in [0.25, 0.3) is 0 Å². The second-order valence-electron chi connectivity index (χ2n) is 10.5. The average molecular weight is 408 g/mol. The van der Waals surface area contributed by atoms with Crippen LogP contribution in [-0.2, 0) is 14.3 Å². The highest BCUT2D eigenvalue weighted by Gasteiger charge is 2.60. The SMILES string of the molecule is C=CC[C@H]1C2CN(C(=O)OC(C)(C)C)C[C@@H]2CC1(NC(C)=O)C(=O)NC(C)(C)C. The zero-order chi connectivity index (χ0) is 22.2. The number of ether oxygens (including phenoxy) is 1. The third kappa shape index (κ3) is 5.31. The van der Waals surface area contributed by atoms with Gasteiger partial charge >= 0.3 is 6.09 Å². The molecule has 2 N–H and O–H groups in total. The van der Waals surface area contributed by atoms with Gasteiger partial charge in [-0.15, -0.1) is 6.58 Å². The van der Waals surface area contributed by atoms with Crippen molar-refractivity contribution in [3.8, 4) is 0 Å². The Morgan fingerprint density at radius 1 is 1.17 bits per heavy atom. The number of allylic oxidation sites excluding steroid dienone is 1. The Labute approximate surface area is 174 Å². The van der Waals surface area contributed by atoms with E-state index in [0.717, 1.165) is 0 Å². The van der Waals surface area contributed by atoms with Gasteiger partial charge in [0, 0.05) is 25.6 Å². The fourth-order valence-electron chi connectivity index (χ4n) is 4.76. The van der Waals surface area contributed by atoms with Gasteiger partial charge in [0.15, 0.2) is 0 Å². The van der Waals surface area contributed by atoms with Crippen molar-refractivity contribution in [3.05, 3.63) is 12.7 Å². The van der Waals surface area contributed by atoms with Crippen molar-refractivity contribution >= 4 is 17.9 Å². The van der Waals surface area contributed by atoms with Crippen LogP contribution in [0.1, 0.15) is 61.3 Å². The molecule has 1 aliphatic heterocycles. The molecule has 0 aromatic heterocycles. The maximum atomic E-state index is 13.4. The molecule has 0 spiro atoms. The minimum Gasteiger partial charge on any atom is -0.444 e. The van der Waals surface area contributed by atoms with Gasteiger partial charge in [0.2, 0.25) is 11.8 Å². The van der Waals surface area contributed by atoms with Crippen molar-refractivity contribution in [2.24, 2.45) is 17.8 Å². The maximum Gasteiger partial charge on any atom is 0.410 e. The Hall–Kier alpha value is -2.05. The molecule has 29 heavy (non-hydrogen) atoms. The lowest BCUT2D eigenvalue weighted by atomic mass is 9.79. The van der Waals surface area contributed by atoms with E-state index >= 15 is 0 Å². The van der Waals surface area contributed by atoms with Crippen LogP contribution in [0.4, 0.5) is 4.79 Å². The van der Waals surface area contributed by atoms with Gasteiger partial charge in [0.05, 0.1) is 0 Å². The molecule has 2 fully saturated rings. The molecule has 0 aromatic rings. The van der Waals surface area contributed by atoms with E-state index in [1.165, 1.54) is 6.92 Å². The van der Waals surface area contributed by atoms with E-state index < -0.39 is 16.7 Å². The fraction of sp³-hybridized carbons (Fsp3) is 0.773.